The molecular formula is C10H8BrN3S. The molecule has 0 aromatic carbocycles. The molecule has 3 nitrogen and oxygen atoms in total. The van der Waals surface area contributed by atoms with Crippen LogP contribution in [0.15, 0.2) is 45.4 Å². The van der Waals surface area contributed by atoms with Gasteiger partial charge in [0.25, 0.3) is 0 Å². The van der Waals surface area contributed by atoms with Crippen molar-refractivity contribution in [3.05, 3.63) is 40.9 Å². The van der Waals surface area contributed by atoms with Crippen molar-refractivity contribution in [1.82, 2.24) is 15.0 Å². The first-order valence-electron chi connectivity index (χ1n) is 4.33. The molecule has 2 aromatic heterocycles. The van der Waals surface area contributed by atoms with Crippen molar-refractivity contribution in [3.8, 4) is 0 Å². The van der Waals surface area contributed by atoms with Gasteiger partial charge in [0, 0.05) is 6.20 Å². The van der Waals surface area contributed by atoms with Gasteiger partial charge in [-0.25, -0.2) is 15.0 Å². The lowest BCUT2D eigenvalue weighted by Crippen LogP contribution is -1.87. The zero-order valence-corrected chi connectivity index (χ0v) is 10.4. The summed E-state index contributed by atoms with van der Waals surface area (Å²) in [7, 11) is 0. The summed E-state index contributed by atoms with van der Waals surface area (Å²) in [5.74, 6) is 0. The highest BCUT2D eigenvalue weighted by molar-refractivity contribution is 9.10. The number of hydrogen-bond donors (Lipinski definition) is 0. The number of nitrogens with zero attached hydrogens (tertiary/aromatic N) is 3. The van der Waals surface area contributed by atoms with Crippen molar-refractivity contribution in [1.29, 1.82) is 0 Å². The summed E-state index contributed by atoms with van der Waals surface area (Å²) in [5, 5.41) is 1.81. The van der Waals surface area contributed by atoms with Crippen LogP contribution in [0.3, 0.4) is 0 Å². The Bertz CT molecular complexity index is 458. The highest BCUT2D eigenvalue weighted by Crippen LogP contribution is 2.26. The predicted octanol–water partition coefficient (Wildman–Crippen LogP) is 3.09. The highest BCUT2D eigenvalue weighted by atomic mass is 79.9. The summed E-state index contributed by atoms with van der Waals surface area (Å²) in [5.41, 5.74) is 1.15. The van der Waals surface area contributed by atoms with Gasteiger partial charge in [0.2, 0.25) is 0 Å². The van der Waals surface area contributed by atoms with E-state index in [0.717, 1.165) is 20.2 Å². The van der Waals surface area contributed by atoms with Crippen LogP contribution in [-0.4, -0.2) is 15.0 Å². The minimum Gasteiger partial charge on any atom is -0.249 e. The minimum absolute atomic E-state index is 0.740. The van der Waals surface area contributed by atoms with E-state index in [4.69, 9.17) is 0 Å². The molecule has 0 radical (unpaired) electrons. The largest absolute Gasteiger partial charge is 0.249 e. The fourth-order valence-corrected chi connectivity index (χ4v) is 1.99. The van der Waals surface area contributed by atoms with E-state index in [-0.39, 0.29) is 0 Å². The van der Waals surface area contributed by atoms with Gasteiger partial charge in [-0.3, -0.25) is 0 Å². The van der Waals surface area contributed by atoms with Crippen molar-refractivity contribution in [2.24, 2.45) is 0 Å². The van der Waals surface area contributed by atoms with E-state index >= 15 is 0 Å². The second-order valence-corrected chi connectivity index (χ2v) is 4.73. The smallest absolute Gasteiger partial charge is 0.124 e. The van der Waals surface area contributed by atoms with Crippen molar-refractivity contribution >= 4 is 27.7 Å². The van der Waals surface area contributed by atoms with Crippen LogP contribution < -0.4 is 0 Å². The van der Waals surface area contributed by atoms with Crippen LogP contribution in [0.2, 0.25) is 0 Å². The number of halogens is 1. The first-order chi connectivity index (χ1) is 7.25. The third kappa shape index (κ3) is 2.76. The van der Waals surface area contributed by atoms with Crippen molar-refractivity contribution in [2.75, 3.05) is 0 Å². The van der Waals surface area contributed by atoms with Gasteiger partial charge in [-0.1, -0.05) is 6.07 Å². The third-order valence-corrected chi connectivity index (χ3v) is 3.21. The first kappa shape index (κ1) is 10.6. The van der Waals surface area contributed by atoms with E-state index in [1.165, 1.54) is 11.8 Å². The molecule has 0 saturated carbocycles. The molecule has 76 valence electrons. The molecule has 15 heavy (non-hydrogen) atoms. The highest BCUT2D eigenvalue weighted by Gasteiger charge is 2.03. The molecule has 2 aromatic rings. The molecule has 0 unspecified atom stereocenters. The first-order valence-corrected chi connectivity index (χ1v) is 5.93. The summed E-state index contributed by atoms with van der Waals surface area (Å²) < 4.78 is 0.740. The zero-order valence-electron chi connectivity index (χ0n) is 8.01. The van der Waals surface area contributed by atoms with Crippen LogP contribution in [0, 0.1) is 6.92 Å². The predicted molar refractivity (Wildman–Crippen MR) is 62.8 cm³/mol. The lowest BCUT2D eigenvalue weighted by molar-refractivity contribution is 1.02. The fourth-order valence-electron chi connectivity index (χ4n) is 1.03. The van der Waals surface area contributed by atoms with Gasteiger partial charge in [-0.15, -0.1) is 0 Å². The van der Waals surface area contributed by atoms with Crippen LogP contribution in [0.4, 0.5) is 0 Å². The normalized spacial score (nSPS) is 10.3. The lowest BCUT2D eigenvalue weighted by Gasteiger charge is -2.02. The van der Waals surface area contributed by atoms with Crippen molar-refractivity contribution in [2.45, 2.75) is 17.0 Å². The number of hydrogen-bond acceptors (Lipinski definition) is 4. The third-order valence-electron chi connectivity index (χ3n) is 1.76. The summed E-state index contributed by atoms with van der Waals surface area (Å²) in [4.78, 5) is 12.6. The average Bonchev–Trinajstić information content (AvgIpc) is 2.25. The maximum absolute atomic E-state index is 4.28. The van der Waals surface area contributed by atoms with E-state index in [1.54, 1.807) is 18.6 Å². The van der Waals surface area contributed by atoms with E-state index in [9.17, 15) is 0 Å². The molecule has 0 aliphatic heterocycles. The molecule has 0 aliphatic rings. The molecule has 0 aliphatic carbocycles. The van der Waals surface area contributed by atoms with Crippen LogP contribution in [0.5, 0.6) is 0 Å². The maximum atomic E-state index is 4.28. The lowest BCUT2D eigenvalue weighted by atomic mass is 10.3. The Hall–Kier alpha value is -0.940. The fraction of sp³-hybridized carbons (Fsp3) is 0.100. The summed E-state index contributed by atoms with van der Waals surface area (Å²) in [6.45, 7) is 2.03. The van der Waals surface area contributed by atoms with Gasteiger partial charge in [-0.05, 0) is 46.2 Å². The van der Waals surface area contributed by atoms with Gasteiger partial charge in [0.1, 0.15) is 14.7 Å². The van der Waals surface area contributed by atoms with Crippen molar-refractivity contribution < 1.29 is 0 Å². The Labute approximate surface area is 101 Å². The molecule has 0 spiro atoms. The monoisotopic (exact) mass is 281 g/mol. The van der Waals surface area contributed by atoms with Crippen molar-refractivity contribution in [3.63, 3.8) is 0 Å². The molecule has 0 bridgehead atoms. The van der Waals surface area contributed by atoms with Crippen LogP contribution in [0.1, 0.15) is 5.56 Å². The van der Waals surface area contributed by atoms with E-state index in [1.807, 2.05) is 19.1 Å². The summed E-state index contributed by atoms with van der Waals surface area (Å²) in [6.07, 6.45) is 5.19. The van der Waals surface area contributed by atoms with Gasteiger partial charge >= 0.3 is 0 Å². The van der Waals surface area contributed by atoms with Gasteiger partial charge < -0.3 is 0 Å². The second-order valence-electron chi connectivity index (χ2n) is 2.90. The number of rotatable bonds is 2. The van der Waals surface area contributed by atoms with E-state index in [0.29, 0.717) is 0 Å². The summed E-state index contributed by atoms with van der Waals surface area (Å²) in [6, 6.07) is 3.95. The van der Waals surface area contributed by atoms with Crippen LogP contribution in [0.25, 0.3) is 0 Å². The molecule has 2 heterocycles. The summed E-state index contributed by atoms with van der Waals surface area (Å²) >= 11 is 4.76. The second kappa shape index (κ2) is 4.72. The van der Waals surface area contributed by atoms with E-state index < -0.39 is 0 Å². The van der Waals surface area contributed by atoms with Crippen LogP contribution >= 0.6 is 27.7 Å². The molecule has 5 heteroatoms. The molecule has 0 fully saturated rings. The minimum atomic E-state index is 0.740. The number of pyridine rings is 1. The van der Waals surface area contributed by atoms with E-state index in [2.05, 4.69) is 30.9 Å². The quantitative estimate of drug-likeness (QED) is 0.848. The number of aromatic nitrogens is 3. The van der Waals surface area contributed by atoms with Crippen LogP contribution in [-0.2, 0) is 0 Å². The molecule has 0 amide bonds. The molecule has 0 N–H and O–H groups in total. The Morgan fingerprint density at radius 1 is 1.20 bits per heavy atom. The standard InChI is InChI=1S/C10H8BrN3S/c1-7-3-2-4-12-10(7)15-9-6-13-8(11)5-14-9/h2-6H,1H3. The molecule has 0 atom stereocenters. The van der Waals surface area contributed by atoms with Gasteiger partial charge in [0.05, 0.1) is 12.4 Å². The van der Waals surface area contributed by atoms with Gasteiger partial charge in [-0.2, -0.15) is 0 Å². The molecule has 2 rings (SSSR count). The molecular weight excluding hydrogens is 274 g/mol. The Kier molecular flexibility index (Phi) is 3.33. The Balaban J connectivity index is 2.22. The Morgan fingerprint density at radius 3 is 2.73 bits per heavy atom. The Morgan fingerprint density at radius 2 is 2.07 bits per heavy atom. The average molecular weight is 282 g/mol. The maximum Gasteiger partial charge on any atom is 0.124 e. The van der Waals surface area contributed by atoms with Gasteiger partial charge in [0.15, 0.2) is 0 Å². The topological polar surface area (TPSA) is 38.7 Å². The SMILES string of the molecule is Cc1cccnc1Sc1cnc(Br)cn1. The number of aryl methyl sites for hydroxylation is 1. The zero-order chi connectivity index (χ0) is 10.7. The molecule has 0 saturated heterocycles.